The maximum absolute atomic E-state index is 9.33. The van der Waals surface area contributed by atoms with Gasteiger partial charge in [0.1, 0.15) is 17.8 Å². The molecular formula is C26H37ClO6Si. The number of hydrogen-bond acceptors (Lipinski definition) is 6. The van der Waals surface area contributed by atoms with Crippen LogP contribution in [0, 0.1) is 0 Å². The van der Waals surface area contributed by atoms with Crippen LogP contribution in [0.5, 0.6) is 0 Å². The van der Waals surface area contributed by atoms with E-state index < -0.39 is 37.3 Å². The van der Waals surface area contributed by atoms with Gasteiger partial charge in [-0.05, 0) is 29.3 Å². The number of halogens is 1. The Bertz CT molecular complexity index is 874. The average Bonchev–Trinajstić information content (AvgIpc) is 3.27. The van der Waals surface area contributed by atoms with Crippen molar-refractivity contribution in [2.45, 2.75) is 69.5 Å². The minimum atomic E-state index is -2.23. The largest absolute Gasteiger partial charge is 0.393 e. The molecule has 0 aliphatic carbocycles. The van der Waals surface area contributed by atoms with Gasteiger partial charge in [0, 0.05) is 7.11 Å². The molecule has 2 heterocycles. The molecule has 2 fully saturated rings. The molecule has 4 rings (SSSR count). The van der Waals surface area contributed by atoms with Crippen molar-refractivity contribution in [2.75, 3.05) is 20.3 Å². The molecule has 34 heavy (non-hydrogen) atoms. The fourth-order valence-electron chi connectivity index (χ4n) is 4.67. The van der Waals surface area contributed by atoms with Gasteiger partial charge in [-0.15, -0.1) is 0 Å². The van der Waals surface area contributed by atoms with Crippen molar-refractivity contribution < 1.29 is 29.2 Å². The number of fused-ring (bicyclic) bond motifs is 1. The van der Waals surface area contributed by atoms with Crippen molar-refractivity contribution >= 4 is 28.8 Å². The van der Waals surface area contributed by atoms with Crippen molar-refractivity contribution in [1.29, 1.82) is 0 Å². The molecule has 2 N–H and O–H groups in total. The number of aliphatic hydroxyl groups is 2. The maximum Gasteiger partial charge on any atom is 0.222 e. The van der Waals surface area contributed by atoms with Crippen LogP contribution in [0.2, 0.25) is 5.04 Å². The fourth-order valence-corrected chi connectivity index (χ4v) is 8.80. The molecule has 0 bridgehead atoms. The molecular weight excluding hydrogens is 472 g/mol. The molecule has 2 aromatic carbocycles. The Hall–Kier alpha value is -1.29. The Balaban J connectivity index is 0.000000192. The van der Waals surface area contributed by atoms with Gasteiger partial charge in [0.25, 0.3) is 0 Å². The summed E-state index contributed by atoms with van der Waals surface area (Å²) < 4.78 is 22.0. The lowest BCUT2D eigenvalue weighted by Gasteiger charge is -2.38. The van der Waals surface area contributed by atoms with Crippen LogP contribution in [-0.2, 0) is 18.9 Å². The average molecular weight is 509 g/mol. The Morgan fingerprint density at radius 2 is 1.35 bits per heavy atom. The van der Waals surface area contributed by atoms with Gasteiger partial charge in [-0.25, -0.2) is 0 Å². The molecule has 2 aliphatic rings. The van der Waals surface area contributed by atoms with Gasteiger partial charge < -0.3 is 29.2 Å². The summed E-state index contributed by atoms with van der Waals surface area (Å²) in [7, 11) is -0.740. The topological polar surface area (TPSA) is 77.4 Å². The number of methoxy groups -OCH3 is 1. The van der Waals surface area contributed by atoms with Gasteiger partial charge in [-0.1, -0.05) is 81.4 Å². The Kier molecular flexibility index (Phi) is 8.32. The Labute approximate surface area is 208 Å². The van der Waals surface area contributed by atoms with E-state index in [2.05, 4.69) is 69.3 Å². The molecule has 0 saturated carbocycles. The minimum absolute atomic E-state index is 0.0667. The quantitative estimate of drug-likeness (QED) is 0.477. The van der Waals surface area contributed by atoms with Crippen molar-refractivity contribution in [3.05, 3.63) is 60.7 Å². The zero-order valence-electron chi connectivity index (χ0n) is 20.8. The monoisotopic (exact) mass is 508 g/mol. The standard InChI is InChI=1S/C16H19ClSi.C10H18O6/c1-16(2,3)18(17,14-10-6-4-7-11-14)15-12-8-5-9-13-15;1-9(2)14-6-7(13-3)10(4-11,5-12)16-8(6)15-9/h4-13H,1-3H3;6-8,11-12H,4-5H2,1-3H3/t;6-,7-,8+/m.1/s1. The number of rotatable bonds is 5. The summed E-state index contributed by atoms with van der Waals surface area (Å²) in [5.41, 5.74) is -1.15. The van der Waals surface area contributed by atoms with Crippen molar-refractivity contribution in [2.24, 2.45) is 0 Å². The minimum Gasteiger partial charge on any atom is -0.393 e. The van der Waals surface area contributed by atoms with Crippen LogP contribution in [0.1, 0.15) is 34.6 Å². The van der Waals surface area contributed by atoms with E-state index in [0.29, 0.717) is 0 Å². The molecule has 6 nitrogen and oxygen atoms in total. The van der Waals surface area contributed by atoms with Crippen molar-refractivity contribution in [1.82, 2.24) is 0 Å². The van der Waals surface area contributed by atoms with Crippen LogP contribution in [0.3, 0.4) is 0 Å². The van der Waals surface area contributed by atoms with E-state index in [-0.39, 0.29) is 18.3 Å². The zero-order chi connectivity index (χ0) is 25.2. The van der Waals surface area contributed by atoms with Gasteiger partial charge in [0.15, 0.2) is 12.1 Å². The maximum atomic E-state index is 9.33. The molecule has 0 unspecified atom stereocenters. The lowest BCUT2D eigenvalue weighted by Crippen LogP contribution is -2.59. The first-order valence-corrected chi connectivity index (χ1v) is 14.5. The van der Waals surface area contributed by atoms with Crippen LogP contribution in [-0.4, -0.2) is 67.8 Å². The van der Waals surface area contributed by atoms with Crippen LogP contribution >= 0.6 is 11.1 Å². The molecule has 188 valence electrons. The second-order valence-corrected chi connectivity index (χ2v) is 15.9. The van der Waals surface area contributed by atoms with Crippen molar-refractivity contribution in [3.63, 3.8) is 0 Å². The lowest BCUT2D eigenvalue weighted by atomic mass is 9.97. The van der Waals surface area contributed by atoms with E-state index >= 15 is 0 Å². The van der Waals surface area contributed by atoms with Crippen LogP contribution in [0.25, 0.3) is 0 Å². The third kappa shape index (κ3) is 5.13. The third-order valence-corrected chi connectivity index (χ3v) is 13.8. The summed E-state index contributed by atoms with van der Waals surface area (Å²) in [6.45, 7) is 9.59. The number of hydrogen-bond donors (Lipinski definition) is 2. The summed E-state index contributed by atoms with van der Waals surface area (Å²) in [6.07, 6.45) is -1.59. The van der Waals surface area contributed by atoms with E-state index in [0.717, 1.165) is 0 Å². The van der Waals surface area contributed by atoms with Gasteiger partial charge in [0.05, 0.1) is 13.2 Å². The highest BCUT2D eigenvalue weighted by molar-refractivity contribution is 7.35. The Morgan fingerprint density at radius 3 is 1.74 bits per heavy atom. The molecule has 3 atom stereocenters. The number of benzene rings is 2. The summed E-state index contributed by atoms with van der Waals surface area (Å²) in [6, 6.07) is 21.1. The van der Waals surface area contributed by atoms with Gasteiger partial charge >= 0.3 is 0 Å². The molecule has 2 saturated heterocycles. The smallest absolute Gasteiger partial charge is 0.222 e. The molecule has 0 spiro atoms. The Morgan fingerprint density at radius 1 is 0.882 bits per heavy atom. The van der Waals surface area contributed by atoms with Crippen LogP contribution < -0.4 is 10.4 Å². The van der Waals surface area contributed by atoms with Gasteiger partial charge in [0.2, 0.25) is 7.38 Å². The molecule has 0 radical (unpaired) electrons. The summed E-state index contributed by atoms with van der Waals surface area (Å²) >= 11 is 7.21. The van der Waals surface area contributed by atoms with Crippen LogP contribution in [0.15, 0.2) is 60.7 Å². The normalized spacial score (nSPS) is 25.4. The number of aliphatic hydroxyl groups excluding tert-OH is 2. The predicted molar refractivity (Wildman–Crippen MR) is 136 cm³/mol. The van der Waals surface area contributed by atoms with E-state index in [1.807, 2.05) is 12.1 Å². The molecule has 0 aromatic heterocycles. The SMILES string of the molecule is CC(C)(C)[Si](Cl)(c1ccccc1)c1ccccc1.CO[C@@H]1[C@H]2OC(C)(C)O[C@H]2OC1(CO)CO. The predicted octanol–water partition coefficient (Wildman–Crippen LogP) is 3.02. The molecule has 8 heteroatoms. The van der Waals surface area contributed by atoms with E-state index in [1.165, 1.54) is 17.5 Å². The fraction of sp³-hybridized carbons (Fsp3) is 0.538. The van der Waals surface area contributed by atoms with E-state index in [1.54, 1.807) is 13.8 Å². The van der Waals surface area contributed by atoms with Crippen LogP contribution in [0.4, 0.5) is 0 Å². The second-order valence-electron chi connectivity index (χ2n) is 10.3. The highest BCUT2D eigenvalue weighted by Crippen LogP contribution is 2.43. The lowest BCUT2D eigenvalue weighted by molar-refractivity contribution is -0.254. The van der Waals surface area contributed by atoms with Crippen molar-refractivity contribution in [3.8, 4) is 0 Å². The summed E-state index contributed by atoms with van der Waals surface area (Å²) in [4.78, 5) is 0. The highest BCUT2D eigenvalue weighted by Gasteiger charge is 2.62. The zero-order valence-corrected chi connectivity index (χ0v) is 22.6. The van der Waals surface area contributed by atoms with Gasteiger partial charge in [-0.3, -0.25) is 0 Å². The molecule has 2 aliphatic heterocycles. The highest BCUT2D eigenvalue weighted by atomic mass is 35.6. The molecule has 0 amide bonds. The first-order chi connectivity index (χ1) is 15.9. The molecule has 2 aromatic rings. The van der Waals surface area contributed by atoms with Gasteiger partial charge in [-0.2, -0.15) is 11.1 Å². The summed E-state index contributed by atoms with van der Waals surface area (Å²) in [5, 5.41) is 21.3. The van der Waals surface area contributed by atoms with E-state index in [9.17, 15) is 10.2 Å². The van der Waals surface area contributed by atoms with E-state index in [4.69, 9.17) is 30.0 Å². The summed E-state index contributed by atoms with van der Waals surface area (Å²) in [5.74, 6) is -0.733. The number of ether oxygens (including phenoxy) is 4. The third-order valence-electron chi connectivity index (χ3n) is 6.42. The first kappa shape index (κ1) is 27.3. The first-order valence-electron chi connectivity index (χ1n) is 11.5. The second kappa shape index (κ2) is 10.4.